The second-order valence-corrected chi connectivity index (χ2v) is 6.80. The van der Waals surface area contributed by atoms with Crippen molar-refractivity contribution in [3.63, 3.8) is 0 Å². The van der Waals surface area contributed by atoms with E-state index < -0.39 is 0 Å². The average Bonchev–Trinajstić information content (AvgIpc) is 3.34. The molecule has 0 saturated heterocycles. The van der Waals surface area contributed by atoms with Crippen LogP contribution in [0, 0.1) is 19.7 Å². The second-order valence-electron chi connectivity index (χ2n) is 6.80. The zero-order valence-corrected chi connectivity index (χ0v) is 14.8. The van der Waals surface area contributed by atoms with Gasteiger partial charge in [-0.3, -0.25) is 4.79 Å². The summed E-state index contributed by atoms with van der Waals surface area (Å²) < 4.78 is 15.6. The summed E-state index contributed by atoms with van der Waals surface area (Å²) in [5.41, 5.74) is 2.31. The highest BCUT2D eigenvalue weighted by Crippen LogP contribution is 2.29. The molecule has 0 unspecified atom stereocenters. The molecule has 6 nitrogen and oxygen atoms in total. The van der Waals surface area contributed by atoms with Gasteiger partial charge in [-0.25, -0.2) is 13.9 Å². The van der Waals surface area contributed by atoms with E-state index >= 15 is 0 Å². The Morgan fingerprint density at radius 2 is 2.04 bits per heavy atom. The van der Waals surface area contributed by atoms with Crippen molar-refractivity contribution in [1.82, 2.24) is 24.5 Å². The molecule has 0 atom stereocenters. The number of fused-ring (bicyclic) bond motifs is 1. The number of aryl methyl sites for hydroxylation is 2. The number of hydrogen-bond acceptors (Lipinski definition) is 4. The number of benzene rings is 1. The third-order valence-electron chi connectivity index (χ3n) is 4.58. The molecule has 1 aromatic carbocycles. The fourth-order valence-electron chi connectivity index (χ4n) is 3.14. The molecule has 1 saturated carbocycles. The molecule has 0 spiro atoms. The number of carbonyl (C=O) groups excluding carboxylic acids is 1. The van der Waals surface area contributed by atoms with E-state index in [0.29, 0.717) is 17.2 Å². The monoisotopic (exact) mass is 353 g/mol. The van der Waals surface area contributed by atoms with Gasteiger partial charge in [0.15, 0.2) is 5.82 Å². The first-order valence-corrected chi connectivity index (χ1v) is 8.74. The van der Waals surface area contributed by atoms with Crippen molar-refractivity contribution in [2.45, 2.75) is 45.7 Å². The van der Waals surface area contributed by atoms with E-state index in [0.717, 1.165) is 24.2 Å². The van der Waals surface area contributed by atoms with Gasteiger partial charge in [0.05, 0.1) is 6.42 Å². The minimum atomic E-state index is -0.285. The summed E-state index contributed by atoms with van der Waals surface area (Å²) in [5, 5.41) is 4.40. The van der Waals surface area contributed by atoms with Crippen LogP contribution in [0.3, 0.4) is 0 Å². The average molecular weight is 353 g/mol. The summed E-state index contributed by atoms with van der Waals surface area (Å²) in [5.74, 6) is 0.570. The van der Waals surface area contributed by atoms with Gasteiger partial charge in [-0.1, -0.05) is 18.2 Å². The van der Waals surface area contributed by atoms with Crippen LogP contribution in [0.2, 0.25) is 0 Å². The van der Waals surface area contributed by atoms with Crippen molar-refractivity contribution in [1.29, 1.82) is 0 Å². The molecular weight excluding hydrogens is 333 g/mol. The Balaban J connectivity index is 1.55. The Bertz CT molecular complexity index is 979. The Hall–Kier alpha value is -2.83. The summed E-state index contributed by atoms with van der Waals surface area (Å²) in [7, 11) is 0. The van der Waals surface area contributed by atoms with Gasteiger partial charge >= 0.3 is 0 Å². The van der Waals surface area contributed by atoms with Gasteiger partial charge in [-0.2, -0.15) is 4.98 Å². The quantitative estimate of drug-likeness (QED) is 0.707. The SMILES string of the molecule is Cc1cc(C)n2nc(CC(=O)N(Cc3ccccc3F)C3CC3)nc2n1. The summed E-state index contributed by atoms with van der Waals surface area (Å²) in [6, 6.07) is 8.68. The van der Waals surface area contributed by atoms with E-state index in [2.05, 4.69) is 15.1 Å². The molecule has 0 aliphatic heterocycles. The van der Waals surface area contributed by atoms with E-state index in [1.54, 1.807) is 27.6 Å². The largest absolute Gasteiger partial charge is 0.335 e. The van der Waals surface area contributed by atoms with Gasteiger partial charge < -0.3 is 4.90 Å². The smallest absolute Gasteiger partial charge is 0.252 e. The number of nitrogens with zero attached hydrogens (tertiary/aromatic N) is 5. The van der Waals surface area contributed by atoms with Gasteiger partial charge in [0.25, 0.3) is 5.78 Å². The second kappa shape index (κ2) is 6.48. The highest BCUT2D eigenvalue weighted by molar-refractivity contribution is 5.78. The Labute approximate surface area is 150 Å². The first-order valence-electron chi connectivity index (χ1n) is 8.74. The van der Waals surface area contributed by atoms with E-state index in [-0.39, 0.29) is 30.7 Å². The lowest BCUT2D eigenvalue weighted by Crippen LogP contribution is -2.34. The molecule has 1 aliphatic rings. The molecule has 134 valence electrons. The lowest BCUT2D eigenvalue weighted by Gasteiger charge is -2.22. The molecule has 2 heterocycles. The zero-order valence-electron chi connectivity index (χ0n) is 14.8. The molecule has 1 fully saturated rings. The number of rotatable bonds is 5. The summed E-state index contributed by atoms with van der Waals surface area (Å²) in [6.45, 7) is 4.10. The molecule has 4 rings (SSSR count). The normalized spacial score (nSPS) is 14.0. The lowest BCUT2D eigenvalue weighted by atomic mass is 10.2. The van der Waals surface area contributed by atoms with Gasteiger partial charge in [0.2, 0.25) is 5.91 Å². The maximum Gasteiger partial charge on any atom is 0.252 e. The zero-order chi connectivity index (χ0) is 18.3. The number of amides is 1. The van der Waals surface area contributed by atoms with Crippen LogP contribution in [-0.2, 0) is 17.8 Å². The standard InChI is InChI=1S/C19H20FN5O/c1-12-9-13(2)25-19(21-12)22-17(23-25)10-18(26)24(15-7-8-15)11-14-5-3-4-6-16(14)20/h3-6,9,15H,7-8,10-11H2,1-2H3. The Morgan fingerprint density at radius 3 is 2.77 bits per heavy atom. The van der Waals surface area contributed by atoms with Crippen LogP contribution in [0.15, 0.2) is 30.3 Å². The predicted molar refractivity (Wildman–Crippen MR) is 93.9 cm³/mol. The number of hydrogen-bond donors (Lipinski definition) is 0. The van der Waals surface area contributed by atoms with Crippen molar-refractivity contribution in [3.05, 3.63) is 58.9 Å². The van der Waals surface area contributed by atoms with Crippen LogP contribution < -0.4 is 0 Å². The predicted octanol–water partition coefficient (Wildman–Crippen LogP) is 2.61. The van der Waals surface area contributed by atoms with E-state index in [9.17, 15) is 9.18 Å². The highest BCUT2D eigenvalue weighted by atomic mass is 19.1. The molecule has 2 aromatic heterocycles. The van der Waals surface area contributed by atoms with Crippen LogP contribution in [0.1, 0.15) is 35.6 Å². The van der Waals surface area contributed by atoms with Crippen molar-refractivity contribution in [3.8, 4) is 0 Å². The van der Waals surface area contributed by atoms with Crippen molar-refractivity contribution in [2.75, 3.05) is 0 Å². The maximum atomic E-state index is 14.0. The van der Waals surface area contributed by atoms with Gasteiger partial charge in [-0.05, 0) is 38.8 Å². The fourth-order valence-corrected chi connectivity index (χ4v) is 3.14. The molecule has 26 heavy (non-hydrogen) atoms. The highest BCUT2D eigenvalue weighted by Gasteiger charge is 2.33. The number of halogens is 1. The van der Waals surface area contributed by atoms with Crippen LogP contribution in [0.25, 0.3) is 5.78 Å². The third-order valence-corrected chi connectivity index (χ3v) is 4.58. The maximum absolute atomic E-state index is 14.0. The first-order chi connectivity index (χ1) is 12.5. The van der Waals surface area contributed by atoms with Gasteiger partial charge in [0.1, 0.15) is 5.82 Å². The van der Waals surface area contributed by atoms with Crippen molar-refractivity contribution >= 4 is 11.7 Å². The first kappa shape index (κ1) is 16.6. The molecule has 1 amide bonds. The van der Waals surface area contributed by atoms with E-state index in [1.165, 1.54) is 6.07 Å². The van der Waals surface area contributed by atoms with Crippen molar-refractivity contribution in [2.24, 2.45) is 0 Å². The van der Waals surface area contributed by atoms with Crippen LogP contribution in [0.4, 0.5) is 4.39 Å². The lowest BCUT2D eigenvalue weighted by molar-refractivity contribution is -0.131. The molecular formula is C19H20FN5O. The van der Waals surface area contributed by atoms with Crippen LogP contribution in [-0.4, -0.2) is 36.4 Å². The van der Waals surface area contributed by atoms with Crippen molar-refractivity contribution < 1.29 is 9.18 Å². The van der Waals surface area contributed by atoms with E-state index in [1.807, 2.05) is 19.9 Å². The Kier molecular flexibility index (Phi) is 4.14. The summed E-state index contributed by atoms with van der Waals surface area (Å²) >= 11 is 0. The van der Waals surface area contributed by atoms with Crippen LogP contribution >= 0.6 is 0 Å². The number of carbonyl (C=O) groups is 1. The molecule has 0 bridgehead atoms. The molecule has 0 N–H and O–H groups in total. The molecule has 1 aliphatic carbocycles. The van der Waals surface area contributed by atoms with Crippen LogP contribution in [0.5, 0.6) is 0 Å². The van der Waals surface area contributed by atoms with E-state index in [4.69, 9.17) is 0 Å². The van der Waals surface area contributed by atoms with Gasteiger partial charge in [0, 0.05) is 29.5 Å². The topological polar surface area (TPSA) is 63.4 Å². The summed E-state index contributed by atoms with van der Waals surface area (Å²) in [4.78, 5) is 23.3. The molecule has 7 heteroatoms. The molecule has 3 aromatic rings. The fraction of sp³-hybridized carbons (Fsp3) is 0.368. The molecule has 0 radical (unpaired) electrons. The third kappa shape index (κ3) is 3.29. The summed E-state index contributed by atoms with van der Waals surface area (Å²) in [6.07, 6.45) is 2.00. The Morgan fingerprint density at radius 1 is 1.27 bits per heavy atom. The number of aromatic nitrogens is 4. The minimum absolute atomic E-state index is 0.0824. The minimum Gasteiger partial charge on any atom is -0.335 e. The van der Waals surface area contributed by atoms with Gasteiger partial charge in [-0.15, -0.1) is 5.10 Å².